The summed E-state index contributed by atoms with van der Waals surface area (Å²) in [5.41, 5.74) is 11.0. The maximum atomic E-state index is 4.14. The lowest BCUT2D eigenvalue weighted by Gasteiger charge is -2.37. The molecule has 0 bridgehead atoms. The summed E-state index contributed by atoms with van der Waals surface area (Å²) in [7, 11) is 0. The van der Waals surface area contributed by atoms with Crippen molar-refractivity contribution in [3.05, 3.63) is 53.6 Å². The summed E-state index contributed by atoms with van der Waals surface area (Å²) < 4.78 is 0. The Morgan fingerprint density at radius 1 is 1.25 bits per heavy atom. The molecule has 24 heavy (non-hydrogen) atoms. The van der Waals surface area contributed by atoms with E-state index in [2.05, 4.69) is 56.9 Å². The predicted octanol–water partition coefficient (Wildman–Crippen LogP) is 2.19. The summed E-state index contributed by atoms with van der Waals surface area (Å²) in [6, 6.07) is 9.57. The van der Waals surface area contributed by atoms with Crippen molar-refractivity contribution in [2.45, 2.75) is 38.3 Å². The second-order valence-electron chi connectivity index (χ2n) is 7.28. The molecule has 3 unspecified atom stereocenters. The normalized spacial score (nSPS) is 28.3. The van der Waals surface area contributed by atoms with Gasteiger partial charge in [-0.25, -0.2) is 4.98 Å². The van der Waals surface area contributed by atoms with E-state index in [1.165, 1.54) is 36.2 Å². The van der Waals surface area contributed by atoms with Gasteiger partial charge < -0.3 is 4.98 Å². The van der Waals surface area contributed by atoms with Crippen LogP contribution in [0.15, 0.2) is 36.8 Å². The van der Waals surface area contributed by atoms with Crippen LogP contribution in [0, 0.1) is 12.8 Å². The molecule has 3 atom stereocenters. The van der Waals surface area contributed by atoms with Crippen molar-refractivity contribution in [1.29, 1.82) is 0 Å². The van der Waals surface area contributed by atoms with Gasteiger partial charge in [0, 0.05) is 43.5 Å². The summed E-state index contributed by atoms with van der Waals surface area (Å²) in [6.45, 7) is 6.49. The minimum Gasteiger partial charge on any atom is -0.347 e. The number of likely N-dealkylation sites (tertiary alicyclic amines) is 1. The van der Waals surface area contributed by atoms with Gasteiger partial charge in [-0.15, -0.1) is 0 Å². The number of piperidine rings is 1. The number of nitrogens with zero attached hydrogens (tertiary/aromatic N) is 2. The molecule has 5 heteroatoms. The standard InChI is InChI=1S/C19H27N5/c1-14-4-6-15(7-5-14)18-10-22-23-19(18)16-3-2-8-24(11-16)12-17-9-20-13-21-17/h4-7,9,13,16,18-19,22-23H,2-3,8,10-12H2,1H3,(H,20,21). The monoisotopic (exact) mass is 325 g/mol. The molecule has 3 heterocycles. The maximum absolute atomic E-state index is 4.14. The van der Waals surface area contributed by atoms with E-state index in [1.807, 2.05) is 6.20 Å². The largest absolute Gasteiger partial charge is 0.347 e. The van der Waals surface area contributed by atoms with Crippen LogP contribution >= 0.6 is 0 Å². The van der Waals surface area contributed by atoms with E-state index in [1.54, 1.807) is 6.33 Å². The minimum atomic E-state index is 0.511. The highest BCUT2D eigenvalue weighted by Gasteiger charge is 2.36. The molecule has 2 aliphatic heterocycles. The number of rotatable bonds is 4. The molecule has 0 radical (unpaired) electrons. The highest BCUT2D eigenvalue weighted by atomic mass is 15.4. The number of nitrogens with one attached hydrogen (secondary N) is 3. The third-order valence-corrected chi connectivity index (χ3v) is 5.53. The van der Waals surface area contributed by atoms with Crippen molar-refractivity contribution < 1.29 is 0 Å². The Morgan fingerprint density at radius 2 is 2.12 bits per heavy atom. The van der Waals surface area contributed by atoms with Gasteiger partial charge in [0.25, 0.3) is 0 Å². The van der Waals surface area contributed by atoms with Crippen LogP contribution in [0.25, 0.3) is 0 Å². The summed E-state index contributed by atoms with van der Waals surface area (Å²) in [6.07, 6.45) is 6.29. The first-order valence-electron chi connectivity index (χ1n) is 9.04. The summed E-state index contributed by atoms with van der Waals surface area (Å²) >= 11 is 0. The van der Waals surface area contributed by atoms with Gasteiger partial charge in [0.05, 0.1) is 6.33 Å². The molecule has 4 rings (SSSR count). The first-order valence-corrected chi connectivity index (χ1v) is 9.04. The van der Waals surface area contributed by atoms with Crippen LogP contribution in [-0.2, 0) is 6.54 Å². The fourth-order valence-electron chi connectivity index (χ4n) is 4.24. The Bertz CT molecular complexity index is 636. The molecule has 2 fully saturated rings. The van der Waals surface area contributed by atoms with E-state index in [4.69, 9.17) is 0 Å². The highest BCUT2D eigenvalue weighted by Crippen LogP contribution is 2.32. The number of aromatic nitrogens is 2. The molecule has 1 aromatic carbocycles. The Morgan fingerprint density at radius 3 is 2.92 bits per heavy atom. The molecule has 5 nitrogen and oxygen atoms in total. The van der Waals surface area contributed by atoms with Gasteiger partial charge in [0.2, 0.25) is 0 Å². The number of benzene rings is 1. The topological polar surface area (TPSA) is 56.0 Å². The van der Waals surface area contributed by atoms with E-state index >= 15 is 0 Å². The van der Waals surface area contributed by atoms with Crippen LogP contribution in [0.5, 0.6) is 0 Å². The average molecular weight is 325 g/mol. The van der Waals surface area contributed by atoms with E-state index < -0.39 is 0 Å². The van der Waals surface area contributed by atoms with Gasteiger partial charge in [0.15, 0.2) is 0 Å². The Hall–Kier alpha value is -1.69. The van der Waals surface area contributed by atoms with Crippen molar-refractivity contribution in [2.24, 2.45) is 5.92 Å². The van der Waals surface area contributed by atoms with E-state index in [0.29, 0.717) is 17.9 Å². The van der Waals surface area contributed by atoms with Crippen LogP contribution in [0.1, 0.15) is 35.6 Å². The van der Waals surface area contributed by atoms with Gasteiger partial charge in [0.1, 0.15) is 0 Å². The lowest BCUT2D eigenvalue weighted by Crippen LogP contribution is -2.46. The first-order chi connectivity index (χ1) is 11.8. The third kappa shape index (κ3) is 3.38. The fraction of sp³-hybridized carbons (Fsp3) is 0.526. The average Bonchev–Trinajstić information content (AvgIpc) is 3.27. The molecule has 0 saturated carbocycles. The number of hydrogen-bond acceptors (Lipinski definition) is 4. The van der Waals surface area contributed by atoms with Gasteiger partial charge in [-0.3, -0.25) is 15.8 Å². The van der Waals surface area contributed by atoms with E-state index in [9.17, 15) is 0 Å². The number of H-pyrrole nitrogens is 1. The Balaban J connectivity index is 1.44. The summed E-state index contributed by atoms with van der Waals surface area (Å²) in [4.78, 5) is 9.93. The van der Waals surface area contributed by atoms with Crippen LogP contribution in [-0.4, -0.2) is 40.5 Å². The zero-order valence-electron chi connectivity index (χ0n) is 14.3. The predicted molar refractivity (Wildman–Crippen MR) is 95.4 cm³/mol. The summed E-state index contributed by atoms with van der Waals surface area (Å²) in [5.74, 6) is 1.24. The zero-order chi connectivity index (χ0) is 16.4. The van der Waals surface area contributed by atoms with Gasteiger partial charge in [-0.2, -0.15) is 0 Å². The van der Waals surface area contributed by atoms with Crippen molar-refractivity contribution in [3.8, 4) is 0 Å². The Labute approximate surface area is 143 Å². The van der Waals surface area contributed by atoms with Crippen molar-refractivity contribution >= 4 is 0 Å². The second kappa shape index (κ2) is 7.05. The molecule has 1 aromatic heterocycles. The van der Waals surface area contributed by atoms with Crippen molar-refractivity contribution in [1.82, 2.24) is 25.7 Å². The van der Waals surface area contributed by atoms with Crippen LogP contribution in [0.3, 0.4) is 0 Å². The minimum absolute atomic E-state index is 0.511. The zero-order valence-corrected chi connectivity index (χ0v) is 14.3. The van der Waals surface area contributed by atoms with Gasteiger partial charge >= 0.3 is 0 Å². The molecule has 2 saturated heterocycles. The van der Waals surface area contributed by atoms with Crippen LogP contribution < -0.4 is 10.9 Å². The molecule has 128 valence electrons. The van der Waals surface area contributed by atoms with Crippen LogP contribution in [0.2, 0.25) is 0 Å². The molecular formula is C19H27N5. The number of hydrazine groups is 1. The lowest BCUT2D eigenvalue weighted by molar-refractivity contribution is 0.138. The highest BCUT2D eigenvalue weighted by molar-refractivity contribution is 5.27. The number of hydrogen-bond donors (Lipinski definition) is 3. The van der Waals surface area contributed by atoms with E-state index in [-0.39, 0.29) is 0 Å². The number of aryl methyl sites for hydroxylation is 1. The lowest BCUT2D eigenvalue weighted by atomic mass is 9.81. The Kier molecular flexibility index (Phi) is 4.65. The van der Waals surface area contributed by atoms with E-state index in [0.717, 1.165) is 19.6 Å². The molecule has 3 N–H and O–H groups in total. The SMILES string of the molecule is Cc1ccc(C2CNNC2C2CCCN(Cc3cnc[nH]3)C2)cc1. The molecular weight excluding hydrogens is 298 g/mol. The molecule has 0 spiro atoms. The fourth-order valence-corrected chi connectivity index (χ4v) is 4.24. The van der Waals surface area contributed by atoms with Crippen molar-refractivity contribution in [3.63, 3.8) is 0 Å². The number of imidazole rings is 1. The smallest absolute Gasteiger partial charge is 0.0922 e. The quantitative estimate of drug-likeness (QED) is 0.806. The van der Waals surface area contributed by atoms with Gasteiger partial charge in [-0.05, 0) is 37.8 Å². The summed E-state index contributed by atoms with van der Waals surface area (Å²) in [5, 5.41) is 0. The maximum Gasteiger partial charge on any atom is 0.0922 e. The van der Waals surface area contributed by atoms with Gasteiger partial charge in [-0.1, -0.05) is 29.8 Å². The number of aromatic amines is 1. The van der Waals surface area contributed by atoms with Crippen LogP contribution in [0.4, 0.5) is 0 Å². The van der Waals surface area contributed by atoms with Crippen molar-refractivity contribution in [2.75, 3.05) is 19.6 Å². The molecule has 0 aliphatic carbocycles. The second-order valence-corrected chi connectivity index (χ2v) is 7.28. The third-order valence-electron chi connectivity index (χ3n) is 5.53. The first kappa shape index (κ1) is 15.8. The molecule has 2 aliphatic rings. The molecule has 2 aromatic rings. The molecule has 0 amide bonds.